The van der Waals surface area contributed by atoms with Crippen LogP contribution in [0.25, 0.3) is 0 Å². The first-order valence-corrected chi connectivity index (χ1v) is 6.22. The van der Waals surface area contributed by atoms with Crippen LogP contribution in [0.5, 0.6) is 5.75 Å². The molecule has 1 aromatic carbocycles. The van der Waals surface area contributed by atoms with Crippen molar-refractivity contribution in [3.05, 3.63) is 28.3 Å². The maximum Gasteiger partial charge on any atom is 0.122 e. The second-order valence-electron chi connectivity index (χ2n) is 4.34. The van der Waals surface area contributed by atoms with Gasteiger partial charge < -0.3 is 14.8 Å². The Bertz CT molecular complexity index is 389. The lowest BCUT2D eigenvalue weighted by Crippen LogP contribution is -2.42. The van der Waals surface area contributed by atoms with Crippen LogP contribution >= 0.6 is 11.6 Å². The summed E-state index contributed by atoms with van der Waals surface area (Å²) < 4.78 is 10.8. The first-order valence-electron chi connectivity index (χ1n) is 5.85. The molecular formula is C13H18ClNO2. The zero-order valence-electron chi connectivity index (χ0n) is 10.3. The van der Waals surface area contributed by atoms with Gasteiger partial charge in [0.05, 0.1) is 20.3 Å². The number of aryl methyl sites for hydroxylation is 1. The molecule has 94 valence electrons. The number of morpholine rings is 1. The number of hydrogen-bond donors (Lipinski definition) is 1. The lowest BCUT2D eigenvalue weighted by molar-refractivity contribution is 0.0768. The Morgan fingerprint density at radius 2 is 2.35 bits per heavy atom. The van der Waals surface area contributed by atoms with Gasteiger partial charge in [0.15, 0.2) is 0 Å². The minimum Gasteiger partial charge on any atom is -0.496 e. The molecule has 2 rings (SSSR count). The van der Waals surface area contributed by atoms with E-state index in [-0.39, 0.29) is 0 Å². The molecule has 3 nitrogen and oxygen atoms in total. The van der Waals surface area contributed by atoms with Crippen molar-refractivity contribution >= 4 is 11.6 Å². The highest BCUT2D eigenvalue weighted by atomic mass is 35.5. The predicted molar refractivity (Wildman–Crippen MR) is 69.1 cm³/mol. The molecule has 1 unspecified atom stereocenters. The number of methoxy groups -OCH3 is 1. The molecule has 1 saturated heterocycles. The highest BCUT2D eigenvalue weighted by Crippen LogP contribution is 2.27. The van der Waals surface area contributed by atoms with Crippen molar-refractivity contribution in [2.45, 2.75) is 19.4 Å². The molecule has 17 heavy (non-hydrogen) atoms. The van der Waals surface area contributed by atoms with E-state index in [1.807, 2.05) is 19.1 Å². The average Bonchev–Trinajstić information content (AvgIpc) is 2.35. The SMILES string of the molecule is COc1cc(C)c(Cl)cc1CC1COCCN1. The summed E-state index contributed by atoms with van der Waals surface area (Å²) in [7, 11) is 1.69. The normalized spacial score (nSPS) is 20.3. The van der Waals surface area contributed by atoms with E-state index >= 15 is 0 Å². The number of halogens is 1. The minimum atomic E-state index is 0.344. The first-order chi connectivity index (χ1) is 8.20. The molecule has 1 aromatic rings. The number of benzene rings is 1. The first kappa shape index (κ1) is 12.7. The van der Waals surface area contributed by atoms with Gasteiger partial charge in [-0.2, -0.15) is 0 Å². The van der Waals surface area contributed by atoms with Crippen molar-refractivity contribution in [2.24, 2.45) is 0 Å². The number of rotatable bonds is 3. The Hall–Kier alpha value is -0.770. The van der Waals surface area contributed by atoms with Gasteiger partial charge in [-0.25, -0.2) is 0 Å². The molecule has 0 aliphatic carbocycles. The lowest BCUT2D eigenvalue weighted by atomic mass is 10.0. The highest BCUT2D eigenvalue weighted by molar-refractivity contribution is 6.31. The molecule has 1 aliphatic rings. The summed E-state index contributed by atoms with van der Waals surface area (Å²) in [5, 5.41) is 4.22. The summed E-state index contributed by atoms with van der Waals surface area (Å²) in [5.41, 5.74) is 2.17. The van der Waals surface area contributed by atoms with Crippen molar-refractivity contribution in [3.63, 3.8) is 0 Å². The van der Waals surface area contributed by atoms with Crippen LogP contribution < -0.4 is 10.1 Å². The maximum atomic E-state index is 6.15. The molecule has 1 atom stereocenters. The summed E-state index contributed by atoms with van der Waals surface area (Å²) in [6, 6.07) is 4.32. The van der Waals surface area contributed by atoms with Crippen LogP contribution in [0.4, 0.5) is 0 Å². The third-order valence-electron chi connectivity index (χ3n) is 3.03. The predicted octanol–water partition coefficient (Wildman–Crippen LogP) is 2.19. The van der Waals surface area contributed by atoms with Gasteiger partial charge >= 0.3 is 0 Å². The van der Waals surface area contributed by atoms with Crippen molar-refractivity contribution in [1.82, 2.24) is 5.32 Å². The Labute approximate surface area is 107 Å². The van der Waals surface area contributed by atoms with Crippen molar-refractivity contribution in [2.75, 3.05) is 26.9 Å². The van der Waals surface area contributed by atoms with Crippen molar-refractivity contribution in [1.29, 1.82) is 0 Å². The van der Waals surface area contributed by atoms with E-state index in [1.54, 1.807) is 7.11 Å². The fourth-order valence-electron chi connectivity index (χ4n) is 2.06. The van der Waals surface area contributed by atoms with Gasteiger partial charge in [0.2, 0.25) is 0 Å². The van der Waals surface area contributed by atoms with Crippen LogP contribution in [0.15, 0.2) is 12.1 Å². The summed E-state index contributed by atoms with van der Waals surface area (Å²) in [5.74, 6) is 0.902. The van der Waals surface area contributed by atoms with Gasteiger partial charge in [0, 0.05) is 17.6 Å². The van der Waals surface area contributed by atoms with Gasteiger partial charge in [0.1, 0.15) is 5.75 Å². The molecule has 0 radical (unpaired) electrons. The zero-order chi connectivity index (χ0) is 12.3. The lowest BCUT2D eigenvalue weighted by Gasteiger charge is -2.24. The average molecular weight is 256 g/mol. The van der Waals surface area contributed by atoms with Crippen molar-refractivity contribution in [3.8, 4) is 5.75 Å². The molecular weight excluding hydrogens is 238 g/mol. The van der Waals surface area contributed by atoms with E-state index in [9.17, 15) is 0 Å². The Balaban J connectivity index is 2.15. The molecule has 0 aromatic heterocycles. The van der Waals surface area contributed by atoms with Gasteiger partial charge in [-0.05, 0) is 36.6 Å². The Morgan fingerprint density at radius 3 is 3.00 bits per heavy atom. The maximum absolute atomic E-state index is 6.15. The van der Waals surface area contributed by atoms with E-state index in [2.05, 4.69) is 5.32 Å². The number of hydrogen-bond acceptors (Lipinski definition) is 3. The summed E-state index contributed by atoms with van der Waals surface area (Å²) in [4.78, 5) is 0. The molecule has 0 saturated carbocycles. The van der Waals surface area contributed by atoms with E-state index < -0.39 is 0 Å². The summed E-state index contributed by atoms with van der Waals surface area (Å²) in [6.45, 7) is 4.43. The van der Waals surface area contributed by atoms with E-state index in [0.29, 0.717) is 6.04 Å². The quantitative estimate of drug-likeness (QED) is 0.898. The standard InChI is InChI=1S/C13H18ClNO2/c1-9-5-13(16-2)10(7-12(9)14)6-11-8-17-4-3-15-11/h5,7,11,15H,3-4,6,8H2,1-2H3. The van der Waals surface area contributed by atoms with Gasteiger partial charge in [-0.15, -0.1) is 0 Å². The Morgan fingerprint density at radius 1 is 1.53 bits per heavy atom. The van der Waals surface area contributed by atoms with Crippen LogP contribution in [0.3, 0.4) is 0 Å². The van der Waals surface area contributed by atoms with Gasteiger partial charge in [-0.1, -0.05) is 11.6 Å². The molecule has 1 fully saturated rings. The smallest absolute Gasteiger partial charge is 0.122 e. The zero-order valence-corrected chi connectivity index (χ0v) is 11.0. The van der Waals surface area contributed by atoms with E-state index in [4.69, 9.17) is 21.1 Å². The number of nitrogens with one attached hydrogen (secondary N) is 1. The second kappa shape index (κ2) is 5.71. The van der Waals surface area contributed by atoms with Crippen LogP contribution in [0, 0.1) is 6.92 Å². The van der Waals surface area contributed by atoms with Gasteiger partial charge in [-0.3, -0.25) is 0 Å². The molecule has 4 heteroatoms. The third kappa shape index (κ3) is 3.12. The largest absolute Gasteiger partial charge is 0.496 e. The van der Waals surface area contributed by atoms with Crippen LogP contribution in [0.2, 0.25) is 5.02 Å². The van der Waals surface area contributed by atoms with E-state index in [1.165, 1.54) is 0 Å². The molecule has 1 heterocycles. The molecule has 1 N–H and O–H groups in total. The van der Waals surface area contributed by atoms with Crippen LogP contribution in [-0.4, -0.2) is 32.9 Å². The fourth-order valence-corrected chi connectivity index (χ4v) is 2.25. The molecule has 0 spiro atoms. The monoisotopic (exact) mass is 255 g/mol. The molecule has 1 aliphatic heterocycles. The third-order valence-corrected chi connectivity index (χ3v) is 3.43. The molecule has 0 amide bonds. The topological polar surface area (TPSA) is 30.5 Å². The Kier molecular flexibility index (Phi) is 4.26. The summed E-state index contributed by atoms with van der Waals surface area (Å²) in [6.07, 6.45) is 0.878. The highest BCUT2D eigenvalue weighted by Gasteiger charge is 2.16. The van der Waals surface area contributed by atoms with Crippen molar-refractivity contribution < 1.29 is 9.47 Å². The number of ether oxygens (including phenoxy) is 2. The minimum absolute atomic E-state index is 0.344. The fraction of sp³-hybridized carbons (Fsp3) is 0.538. The van der Waals surface area contributed by atoms with Gasteiger partial charge in [0.25, 0.3) is 0 Å². The summed E-state index contributed by atoms with van der Waals surface area (Å²) >= 11 is 6.15. The second-order valence-corrected chi connectivity index (χ2v) is 4.75. The van der Waals surface area contributed by atoms with Crippen LogP contribution in [-0.2, 0) is 11.2 Å². The molecule has 0 bridgehead atoms. The van der Waals surface area contributed by atoms with E-state index in [0.717, 1.165) is 48.1 Å². The van der Waals surface area contributed by atoms with Crippen LogP contribution in [0.1, 0.15) is 11.1 Å².